The van der Waals surface area contributed by atoms with E-state index in [1.165, 1.54) is 0 Å². The summed E-state index contributed by atoms with van der Waals surface area (Å²) in [5, 5.41) is 2.40. The minimum Gasteiger partial charge on any atom is -0.355 e. The van der Waals surface area contributed by atoms with Crippen LogP contribution in [-0.4, -0.2) is 24.4 Å². The average Bonchev–Trinajstić information content (AvgIpc) is 2.68. The van der Waals surface area contributed by atoms with Crippen molar-refractivity contribution in [1.29, 1.82) is 0 Å². The SMILES string of the molecule is C=C1CN(C2CCC(=O)NC2=O)c2ccccc21. The van der Waals surface area contributed by atoms with Crippen LogP contribution in [0.5, 0.6) is 0 Å². The second-order valence-corrected chi connectivity index (χ2v) is 4.72. The van der Waals surface area contributed by atoms with E-state index in [2.05, 4.69) is 11.9 Å². The van der Waals surface area contributed by atoms with E-state index >= 15 is 0 Å². The van der Waals surface area contributed by atoms with Crippen LogP contribution >= 0.6 is 0 Å². The van der Waals surface area contributed by atoms with Crippen molar-refractivity contribution in [3.05, 3.63) is 36.4 Å². The summed E-state index contributed by atoms with van der Waals surface area (Å²) in [4.78, 5) is 25.1. The Labute approximate surface area is 105 Å². The van der Waals surface area contributed by atoms with Crippen LogP contribution in [0.3, 0.4) is 0 Å². The van der Waals surface area contributed by atoms with Gasteiger partial charge in [-0.25, -0.2) is 0 Å². The van der Waals surface area contributed by atoms with Gasteiger partial charge in [-0.15, -0.1) is 0 Å². The zero-order valence-corrected chi connectivity index (χ0v) is 9.98. The number of hydrogen-bond acceptors (Lipinski definition) is 3. The van der Waals surface area contributed by atoms with Crippen LogP contribution in [0, 0.1) is 0 Å². The molecule has 0 saturated carbocycles. The predicted octanol–water partition coefficient (Wildman–Crippen LogP) is 1.32. The molecular weight excluding hydrogens is 228 g/mol. The topological polar surface area (TPSA) is 49.4 Å². The molecule has 1 aromatic carbocycles. The number of carbonyl (C=O) groups excluding carboxylic acids is 2. The maximum absolute atomic E-state index is 11.9. The predicted molar refractivity (Wildman–Crippen MR) is 69.0 cm³/mol. The normalized spacial score (nSPS) is 23.0. The van der Waals surface area contributed by atoms with Crippen molar-refractivity contribution in [1.82, 2.24) is 5.32 Å². The van der Waals surface area contributed by atoms with Gasteiger partial charge in [-0.3, -0.25) is 14.9 Å². The summed E-state index contributed by atoms with van der Waals surface area (Å²) in [6, 6.07) is 7.68. The lowest BCUT2D eigenvalue weighted by Gasteiger charge is -2.31. The first-order chi connectivity index (χ1) is 8.66. The Kier molecular flexibility index (Phi) is 2.44. The van der Waals surface area contributed by atoms with Crippen LogP contribution in [0.15, 0.2) is 30.8 Å². The highest BCUT2D eigenvalue weighted by atomic mass is 16.2. The largest absolute Gasteiger partial charge is 0.355 e. The van der Waals surface area contributed by atoms with Gasteiger partial charge >= 0.3 is 0 Å². The number of amides is 2. The van der Waals surface area contributed by atoms with Crippen molar-refractivity contribution >= 4 is 23.1 Å². The van der Waals surface area contributed by atoms with E-state index in [9.17, 15) is 9.59 Å². The molecule has 1 fully saturated rings. The highest BCUT2D eigenvalue weighted by Crippen LogP contribution is 2.36. The van der Waals surface area contributed by atoms with Gasteiger partial charge in [0.25, 0.3) is 0 Å². The molecule has 0 spiro atoms. The monoisotopic (exact) mass is 242 g/mol. The molecule has 1 unspecified atom stereocenters. The lowest BCUT2D eigenvalue weighted by atomic mass is 10.0. The molecule has 3 rings (SSSR count). The Morgan fingerprint density at radius 2 is 2.06 bits per heavy atom. The Morgan fingerprint density at radius 1 is 1.28 bits per heavy atom. The van der Waals surface area contributed by atoms with Crippen LogP contribution in [0.4, 0.5) is 5.69 Å². The van der Waals surface area contributed by atoms with E-state index in [0.717, 1.165) is 16.8 Å². The van der Waals surface area contributed by atoms with E-state index in [1.807, 2.05) is 29.2 Å². The lowest BCUT2D eigenvalue weighted by Crippen LogP contribution is -2.52. The number of fused-ring (bicyclic) bond motifs is 1. The zero-order valence-electron chi connectivity index (χ0n) is 9.98. The minimum absolute atomic E-state index is 0.178. The molecule has 2 aliphatic heterocycles. The molecule has 0 aliphatic carbocycles. The van der Waals surface area contributed by atoms with E-state index in [4.69, 9.17) is 0 Å². The van der Waals surface area contributed by atoms with Gasteiger partial charge < -0.3 is 4.90 Å². The molecule has 18 heavy (non-hydrogen) atoms. The first-order valence-electron chi connectivity index (χ1n) is 6.04. The van der Waals surface area contributed by atoms with Crippen molar-refractivity contribution in [3.8, 4) is 0 Å². The van der Waals surface area contributed by atoms with Crippen LogP contribution in [-0.2, 0) is 9.59 Å². The minimum atomic E-state index is -0.261. The average molecular weight is 242 g/mol. The maximum atomic E-state index is 11.9. The molecule has 4 nitrogen and oxygen atoms in total. The van der Waals surface area contributed by atoms with E-state index in [1.54, 1.807) is 0 Å². The third-order valence-corrected chi connectivity index (χ3v) is 3.54. The first-order valence-corrected chi connectivity index (χ1v) is 6.04. The molecule has 1 atom stereocenters. The van der Waals surface area contributed by atoms with Gasteiger partial charge in [0, 0.05) is 24.2 Å². The summed E-state index contributed by atoms with van der Waals surface area (Å²) >= 11 is 0. The molecule has 0 aromatic heterocycles. The number of imide groups is 1. The molecule has 4 heteroatoms. The lowest BCUT2D eigenvalue weighted by molar-refractivity contribution is -0.134. The molecule has 0 radical (unpaired) electrons. The van der Waals surface area contributed by atoms with Crippen molar-refractivity contribution in [2.75, 3.05) is 11.4 Å². The maximum Gasteiger partial charge on any atom is 0.249 e. The number of carbonyl (C=O) groups is 2. The van der Waals surface area contributed by atoms with Gasteiger partial charge in [0.05, 0.1) is 0 Å². The Bertz CT molecular complexity index is 550. The van der Waals surface area contributed by atoms with Gasteiger partial charge in [-0.1, -0.05) is 24.8 Å². The number of para-hydroxylation sites is 1. The highest BCUT2D eigenvalue weighted by Gasteiger charge is 2.35. The smallest absolute Gasteiger partial charge is 0.249 e. The summed E-state index contributed by atoms with van der Waals surface area (Å²) in [6.07, 6.45) is 0.980. The standard InChI is InChI=1S/C14H14N2O2/c1-9-8-16(11-5-3-2-4-10(9)11)12-6-7-13(17)15-14(12)18/h2-5,12H,1,6-8H2,(H,15,17,18). The number of anilines is 1. The molecular formula is C14H14N2O2. The third kappa shape index (κ3) is 1.61. The zero-order chi connectivity index (χ0) is 12.7. The van der Waals surface area contributed by atoms with Crippen molar-refractivity contribution in [2.24, 2.45) is 0 Å². The van der Waals surface area contributed by atoms with Gasteiger partial charge in [-0.05, 0) is 18.1 Å². The molecule has 0 bridgehead atoms. The number of piperidine rings is 1. The Balaban J connectivity index is 1.93. The first kappa shape index (κ1) is 11.0. The second-order valence-electron chi connectivity index (χ2n) is 4.72. The fourth-order valence-corrected chi connectivity index (χ4v) is 2.66. The fraction of sp³-hybridized carbons (Fsp3) is 0.286. The number of rotatable bonds is 1. The molecule has 2 aliphatic rings. The van der Waals surface area contributed by atoms with Crippen molar-refractivity contribution in [2.45, 2.75) is 18.9 Å². The van der Waals surface area contributed by atoms with Crippen LogP contribution in [0.1, 0.15) is 18.4 Å². The van der Waals surface area contributed by atoms with E-state index in [0.29, 0.717) is 19.4 Å². The van der Waals surface area contributed by atoms with Crippen LogP contribution in [0.2, 0.25) is 0 Å². The fourth-order valence-electron chi connectivity index (χ4n) is 2.66. The summed E-state index contributed by atoms with van der Waals surface area (Å²) in [6.45, 7) is 4.70. The van der Waals surface area contributed by atoms with Gasteiger partial charge in [-0.2, -0.15) is 0 Å². The summed E-state index contributed by atoms with van der Waals surface area (Å²) < 4.78 is 0. The van der Waals surface area contributed by atoms with Crippen LogP contribution in [0.25, 0.3) is 5.57 Å². The van der Waals surface area contributed by atoms with Crippen molar-refractivity contribution < 1.29 is 9.59 Å². The second kappa shape index (κ2) is 3.98. The van der Waals surface area contributed by atoms with Gasteiger partial charge in [0.15, 0.2) is 0 Å². The highest BCUT2D eigenvalue weighted by molar-refractivity contribution is 6.03. The number of hydrogen-bond donors (Lipinski definition) is 1. The number of benzene rings is 1. The quantitative estimate of drug-likeness (QED) is 0.756. The molecule has 1 N–H and O–H groups in total. The summed E-state index contributed by atoms with van der Waals surface area (Å²) in [5.41, 5.74) is 3.16. The summed E-state index contributed by atoms with van der Waals surface area (Å²) in [7, 11) is 0. The molecule has 1 aromatic rings. The Hall–Kier alpha value is -2.10. The molecule has 2 amide bonds. The molecule has 2 heterocycles. The van der Waals surface area contributed by atoms with E-state index in [-0.39, 0.29) is 17.9 Å². The number of nitrogens with one attached hydrogen (secondary N) is 1. The van der Waals surface area contributed by atoms with E-state index < -0.39 is 0 Å². The van der Waals surface area contributed by atoms with Crippen molar-refractivity contribution in [3.63, 3.8) is 0 Å². The third-order valence-electron chi connectivity index (χ3n) is 3.54. The summed E-state index contributed by atoms with van der Waals surface area (Å²) in [5.74, 6) is -0.377. The molecule has 1 saturated heterocycles. The number of nitrogens with zero attached hydrogens (tertiary/aromatic N) is 1. The van der Waals surface area contributed by atoms with Gasteiger partial charge in [0.1, 0.15) is 6.04 Å². The van der Waals surface area contributed by atoms with Gasteiger partial charge in [0.2, 0.25) is 11.8 Å². The van der Waals surface area contributed by atoms with Crippen LogP contribution < -0.4 is 10.2 Å². The molecule has 92 valence electrons. The Morgan fingerprint density at radius 3 is 2.83 bits per heavy atom.